The summed E-state index contributed by atoms with van der Waals surface area (Å²) in [6, 6.07) is 7.30. The summed E-state index contributed by atoms with van der Waals surface area (Å²) in [6.45, 7) is 4.60. The lowest BCUT2D eigenvalue weighted by molar-refractivity contribution is -0.153. The van der Waals surface area contributed by atoms with Crippen LogP contribution in [0.15, 0.2) is 30.3 Å². The lowest BCUT2D eigenvalue weighted by atomic mass is 9.94. The monoisotopic (exact) mass is 432 g/mol. The number of amides is 1. The first kappa shape index (κ1) is 23.2. The van der Waals surface area contributed by atoms with Crippen molar-refractivity contribution in [3.63, 3.8) is 0 Å². The summed E-state index contributed by atoms with van der Waals surface area (Å²) in [6.07, 6.45) is 2.32. The molecule has 5 atom stereocenters. The number of carbonyl (C=O) groups is 3. The second-order valence-corrected chi connectivity index (χ2v) is 8.24. The quantitative estimate of drug-likeness (QED) is 0.571. The maximum Gasteiger partial charge on any atom is 0.326 e. The summed E-state index contributed by atoms with van der Waals surface area (Å²) < 4.78 is 10.7. The third-order valence-electron chi connectivity index (χ3n) is 6.18. The molecular formula is C23H32N2O6. The Hall–Kier alpha value is -2.45. The summed E-state index contributed by atoms with van der Waals surface area (Å²) in [7, 11) is 0. The minimum atomic E-state index is -0.999. The van der Waals surface area contributed by atoms with Crippen LogP contribution in [0.5, 0.6) is 0 Å². The Labute approximate surface area is 182 Å². The van der Waals surface area contributed by atoms with Crippen LogP contribution >= 0.6 is 0 Å². The molecule has 8 heteroatoms. The number of ether oxygens (including phenoxy) is 2. The van der Waals surface area contributed by atoms with Crippen molar-refractivity contribution >= 4 is 17.8 Å². The molecule has 0 aromatic heterocycles. The minimum Gasteiger partial charge on any atom is -0.480 e. The smallest absolute Gasteiger partial charge is 0.326 e. The van der Waals surface area contributed by atoms with Crippen LogP contribution in [-0.4, -0.2) is 71.8 Å². The van der Waals surface area contributed by atoms with E-state index in [-0.39, 0.29) is 24.5 Å². The number of carboxylic acids is 1. The van der Waals surface area contributed by atoms with E-state index in [0.29, 0.717) is 32.5 Å². The third kappa shape index (κ3) is 5.62. The fourth-order valence-electron chi connectivity index (χ4n) is 4.58. The Balaban J connectivity index is 1.70. The number of benzene rings is 1. The number of likely N-dealkylation sites (tertiary alicyclic amines) is 1. The molecule has 4 unspecified atom stereocenters. The molecule has 0 spiro atoms. The lowest BCUT2D eigenvalue weighted by Gasteiger charge is -2.35. The van der Waals surface area contributed by atoms with Gasteiger partial charge in [0.1, 0.15) is 12.1 Å². The number of carboxylic acid groups (broad SMARTS) is 1. The second-order valence-electron chi connectivity index (χ2n) is 8.24. The third-order valence-corrected chi connectivity index (χ3v) is 6.18. The Morgan fingerprint density at radius 3 is 2.71 bits per heavy atom. The molecule has 2 saturated heterocycles. The lowest BCUT2D eigenvalue weighted by Crippen LogP contribution is -2.56. The van der Waals surface area contributed by atoms with E-state index in [1.54, 1.807) is 13.8 Å². The van der Waals surface area contributed by atoms with Crippen LogP contribution in [0.2, 0.25) is 0 Å². The molecule has 1 aromatic carbocycles. The van der Waals surface area contributed by atoms with Crippen LogP contribution in [0, 0.1) is 5.92 Å². The van der Waals surface area contributed by atoms with E-state index >= 15 is 0 Å². The fraction of sp³-hybridized carbons (Fsp3) is 0.609. The first-order valence-corrected chi connectivity index (χ1v) is 11.0. The van der Waals surface area contributed by atoms with E-state index < -0.39 is 30.1 Å². The van der Waals surface area contributed by atoms with E-state index in [1.807, 2.05) is 30.3 Å². The number of hydrogen-bond acceptors (Lipinski definition) is 6. The molecule has 2 aliphatic heterocycles. The van der Waals surface area contributed by atoms with Crippen molar-refractivity contribution in [3.8, 4) is 0 Å². The average Bonchev–Trinajstić information content (AvgIpc) is 3.16. The molecule has 1 amide bonds. The fourth-order valence-corrected chi connectivity index (χ4v) is 4.58. The van der Waals surface area contributed by atoms with Crippen LogP contribution in [-0.2, 0) is 30.3 Å². The summed E-state index contributed by atoms with van der Waals surface area (Å²) in [4.78, 5) is 39.1. The summed E-state index contributed by atoms with van der Waals surface area (Å²) >= 11 is 0. The number of aryl methyl sites for hydroxylation is 1. The molecule has 2 heterocycles. The van der Waals surface area contributed by atoms with Gasteiger partial charge in [0.2, 0.25) is 5.91 Å². The number of carbonyl (C=O) groups excluding carboxylic acids is 2. The molecule has 0 radical (unpaired) electrons. The van der Waals surface area contributed by atoms with E-state index in [0.717, 1.165) is 12.0 Å². The number of nitrogens with zero attached hydrogens (tertiary/aromatic N) is 1. The van der Waals surface area contributed by atoms with Gasteiger partial charge >= 0.3 is 11.9 Å². The zero-order chi connectivity index (χ0) is 22.4. The maximum atomic E-state index is 13.3. The van der Waals surface area contributed by atoms with E-state index in [2.05, 4.69) is 5.32 Å². The van der Waals surface area contributed by atoms with Gasteiger partial charge in [-0.1, -0.05) is 30.3 Å². The average molecular weight is 433 g/mol. The molecule has 2 N–H and O–H groups in total. The van der Waals surface area contributed by atoms with E-state index in [4.69, 9.17) is 9.47 Å². The van der Waals surface area contributed by atoms with Crippen LogP contribution in [0.4, 0.5) is 0 Å². The van der Waals surface area contributed by atoms with Crippen molar-refractivity contribution in [3.05, 3.63) is 35.9 Å². The highest BCUT2D eigenvalue weighted by molar-refractivity contribution is 5.88. The van der Waals surface area contributed by atoms with Gasteiger partial charge in [-0.2, -0.15) is 0 Å². The van der Waals surface area contributed by atoms with Crippen LogP contribution in [0.3, 0.4) is 0 Å². The number of nitrogens with one attached hydrogen (secondary N) is 1. The summed E-state index contributed by atoms with van der Waals surface area (Å²) in [5.74, 6) is -1.60. The van der Waals surface area contributed by atoms with Crippen LogP contribution in [0.25, 0.3) is 0 Å². The molecule has 0 aliphatic carbocycles. The Kier molecular flexibility index (Phi) is 8.03. The zero-order valence-electron chi connectivity index (χ0n) is 18.2. The predicted molar refractivity (Wildman–Crippen MR) is 113 cm³/mol. The molecule has 1 aromatic rings. The first-order valence-electron chi connectivity index (χ1n) is 11.0. The Morgan fingerprint density at radius 2 is 2.03 bits per heavy atom. The molecule has 170 valence electrons. The van der Waals surface area contributed by atoms with Crippen LogP contribution in [0.1, 0.15) is 38.7 Å². The molecule has 0 bridgehead atoms. The van der Waals surface area contributed by atoms with E-state index in [9.17, 15) is 19.5 Å². The number of aliphatic carboxylic acids is 1. The van der Waals surface area contributed by atoms with Gasteiger partial charge in [-0.25, -0.2) is 4.79 Å². The van der Waals surface area contributed by atoms with Gasteiger partial charge in [0.25, 0.3) is 0 Å². The first-order chi connectivity index (χ1) is 14.9. The highest BCUT2D eigenvalue weighted by Crippen LogP contribution is 2.35. The largest absolute Gasteiger partial charge is 0.480 e. The number of esters is 1. The molecule has 31 heavy (non-hydrogen) atoms. The molecular weight excluding hydrogens is 400 g/mol. The van der Waals surface area contributed by atoms with Gasteiger partial charge in [-0.3, -0.25) is 14.9 Å². The van der Waals surface area contributed by atoms with Crippen molar-refractivity contribution in [2.45, 2.75) is 63.7 Å². The zero-order valence-corrected chi connectivity index (χ0v) is 18.2. The number of hydrogen-bond donors (Lipinski definition) is 2. The van der Waals surface area contributed by atoms with Crippen molar-refractivity contribution < 1.29 is 29.0 Å². The van der Waals surface area contributed by atoms with Gasteiger partial charge in [0.15, 0.2) is 0 Å². The summed E-state index contributed by atoms with van der Waals surface area (Å²) in [5, 5.41) is 12.8. The van der Waals surface area contributed by atoms with Crippen molar-refractivity contribution in [2.75, 3.05) is 19.8 Å². The Morgan fingerprint density at radius 1 is 1.29 bits per heavy atom. The number of fused-ring (bicyclic) bond motifs is 1. The summed E-state index contributed by atoms with van der Waals surface area (Å²) in [5.41, 5.74) is 1.09. The van der Waals surface area contributed by atoms with Crippen molar-refractivity contribution in [1.29, 1.82) is 0 Å². The van der Waals surface area contributed by atoms with Gasteiger partial charge in [0.05, 0.1) is 25.3 Å². The van der Waals surface area contributed by atoms with Crippen molar-refractivity contribution in [1.82, 2.24) is 10.2 Å². The standard InChI is InChI=1S/C23H32N2O6/c1-3-31-23(29)18(10-9-16-7-5-4-6-8-16)24-15(2)21(26)25-19(22(27)28)13-17-11-12-30-14-20(17)25/h4-8,15,17-20,24H,3,9-14H2,1-2H3,(H,27,28)/t15-,17?,18?,19?,20?/m0/s1. The second kappa shape index (κ2) is 10.7. The molecule has 2 fully saturated rings. The normalized spacial score (nSPS) is 24.8. The van der Waals surface area contributed by atoms with Gasteiger partial charge in [-0.05, 0) is 51.0 Å². The molecule has 3 rings (SSSR count). The Bertz CT molecular complexity index is 771. The van der Waals surface area contributed by atoms with Gasteiger partial charge in [0, 0.05) is 6.61 Å². The van der Waals surface area contributed by atoms with E-state index in [1.165, 1.54) is 4.90 Å². The van der Waals surface area contributed by atoms with Crippen LogP contribution < -0.4 is 5.32 Å². The topological polar surface area (TPSA) is 105 Å². The van der Waals surface area contributed by atoms with Crippen molar-refractivity contribution in [2.24, 2.45) is 5.92 Å². The molecule has 0 saturated carbocycles. The predicted octanol–water partition coefficient (Wildman–Crippen LogP) is 1.62. The highest BCUT2D eigenvalue weighted by Gasteiger charge is 2.49. The minimum absolute atomic E-state index is 0.130. The SMILES string of the molecule is CCOC(=O)C(CCc1ccccc1)N[C@@H](C)C(=O)N1C(C(=O)O)CC2CCOCC21. The highest BCUT2D eigenvalue weighted by atomic mass is 16.5. The van der Waals surface area contributed by atoms with Gasteiger partial charge < -0.3 is 19.5 Å². The van der Waals surface area contributed by atoms with Gasteiger partial charge in [-0.15, -0.1) is 0 Å². The molecule has 8 nitrogen and oxygen atoms in total. The maximum absolute atomic E-state index is 13.3. The number of rotatable bonds is 9. The molecule has 2 aliphatic rings.